The minimum absolute atomic E-state index is 0.0433. The Labute approximate surface area is 119 Å². The largest absolute Gasteiger partial charge is 0.477 e. The van der Waals surface area contributed by atoms with Crippen molar-refractivity contribution in [2.75, 3.05) is 24.6 Å². The molecular formula is C13H15FN2O5. The summed E-state index contributed by atoms with van der Waals surface area (Å²) in [6.07, 6.45) is 1.36. The van der Waals surface area contributed by atoms with E-state index >= 15 is 0 Å². The molecule has 0 amide bonds. The summed E-state index contributed by atoms with van der Waals surface area (Å²) in [5.74, 6) is -2.07. The number of carboxylic acids is 1. The quantitative estimate of drug-likeness (QED) is 0.632. The minimum Gasteiger partial charge on any atom is -0.477 e. The molecule has 8 heteroatoms. The first-order chi connectivity index (χ1) is 9.93. The van der Waals surface area contributed by atoms with E-state index in [4.69, 9.17) is 10.2 Å². The van der Waals surface area contributed by atoms with Gasteiger partial charge in [0.05, 0.1) is 16.7 Å². The maximum Gasteiger partial charge on any atom is 0.342 e. The number of anilines is 1. The molecule has 1 saturated heterocycles. The molecule has 0 saturated carbocycles. The molecule has 1 atom stereocenters. The molecule has 0 aliphatic carbocycles. The van der Waals surface area contributed by atoms with Crippen LogP contribution in [0.15, 0.2) is 12.1 Å². The fraction of sp³-hybridized carbons (Fsp3) is 0.462. The Morgan fingerprint density at radius 1 is 1.52 bits per heavy atom. The average molecular weight is 298 g/mol. The molecule has 0 spiro atoms. The summed E-state index contributed by atoms with van der Waals surface area (Å²) in [6.45, 7) is 1.06. The van der Waals surface area contributed by atoms with Crippen molar-refractivity contribution >= 4 is 17.3 Å². The summed E-state index contributed by atoms with van der Waals surface area (Å²) in [6, 6.07) is 1.66. The lowest BCUT2D eigenvalue weighted by molar-refractivity contribution is -0.385. The number of carboxylic acid groups (broad SMARTS) is 1. The maximum absolute atomic E-state index is 14.0. The van der Waals surface area contributed by atoms with E-state index < -0.39 is 28.0 Å². The third-order valence-corrected chi connectivity index (χ3v) is 3.66. The van der Waals surface area contributed by atoms with Crippen LogP contribution in [-0.4, -0.2) is 40.8 Å². The fourth-order valence-corrected chi connectivity index (χ4v) is 2.59. The lowest BCUT2D eigenvalue weighted by atomic mass is 10.1. The van der Waals surface area contributed by atoms with Gasteiger partial charge in [-0.25, -0.2) is 9.18 Å². The summed E-state index contributed by atoms with van der Waals surface area (Å²) in [5, 5.41) is 28.7. The molecule has 1 aliphatic heterocycles. The summed E-state index contributed by atoms with van der Waals surface area (Å²) in [5.41, 5.74) is -1.23. The van der Waals surface area contributed by atoms with Crippen LogP contribution in [0.3, 0.4) is 0 Å². The Hall–Kier alpha value is -2.22. The molecule has 1 fully saturated rings. The van der Waals surface area contributed by atoms with Crippen molar-refractivity contribution < 1.29 is 24.3 Å². The number of rotatable bonds is 5. The molecule has 1 unspecified atom stereocenters. The van der Waals surface area contributed by atoms with E-state index in [2.05, 4.69) is 0 Å². The summed E-state index contributed by atoms with van der Waals surface area (Å²) in [7, 11) is 0. The first-order valence-electron chi connectivity index (χ1n) is 6.51. The number of nitro groups is 1. The van der Waals surface area contributed by atoms with Crippen LogP contribution in [-0.2, 0) is 0 Å². The van der Waals surface area contributed by atoms with Gasteiger partial charge in [-0.1, -0.05) is 0 Å². The van der Waals surface area contributed by atoms with E-state index in [1.165, 1.54) is 0 Å². The zero-order valence-corrected chi connectivity index (χ0v) is 11.2. The molecule has 21 heavy (non-hydrogen) atoms. The first kappa shape index (κ1) is 15.2. The van der Waals surface area contributed by atoms with Gasteiger partial charge >= 0.3 is 5.97 Å². The third-order valence-electron chi connectivity index (χ3n) is 3.66. The van der Waals surface area contributed by atoms with Crippen LogP contribution in [0.2, 0.25) is 0 Å². The van der Waals surface area contributed by atoms with Crippen LogP contribution < -0.4 is 4.90 Å². The van der Waals surface area contributed by atoms with Crippen molar-refractivity contribution in [3.63, 3.8) is 0 Å². The molecule has 2 N–H and O–H groups in total. The molecule has 7 nitrogen and oxygen atoms in total. The van der Waals surface area contributed by atoms with E-state index in [9.17, 15) is 19.3 Å². The predicted molar refractivity (Wildman–Crippen MR) is 72.0 cm³/mol. The number of hydrogen-bond donors (Lipinski definition) is 2. The van der Waals surface area contributed by atoms with Gasteiger partial charge in [-0.05, 0) is 24.8 Å². The Bertz CT molecular complexity index is 578. The lowest BCUT2D eigenvalue weighted by Crippen LogP contribution is -2.22. The van der Waals surface area contributed by atoms with Gasteiger partial charge in [-0.15, -0.1) is 0 Å². The topological polar surface area (TPSA) is 104 Å². The fourth-order valence-electron chi connectivity index (χ4n) is 2.59. The molecule has 1 heterocycles. The number of aromatic carboxylic acids is 1. The van der Waals surface area contributed by atoms with Crippen LogP contribution in [0, 0.1) is 21.8 Å². The highest BCUT2D eigenvalue weighted by Gasteiger charge is 2.29. The number of aliphatic hydroxyl groups excluding tert-OH is 1. The second-order valence-corrected chi connectivity index (χ2v) is 5.00. The van der Waals surface area contributed by atoms with E-state index in [1.54, 1.807) is 4.90 Å². The molecule has 0 bridgehead atoms. The van der Waals surface area contributed by atoms with Crippen molar-refractivity contribution in [1.82, 2.24) is 0 Å². The average Bonchev–Trinajstić information content (AvgIpc) is 2.86. The number of nitrogens with zero attached hydrogens (tertiary/aromatic N) is 2. The zero-order valence-electron chi connectivity index (χ0n) is 11.2. The third kappa shape index (κ3) is 3.10. The van der Waals surface area contributed by atoms with Gasteiger partial charge in [0, 0.05) is 19.7 Å². The first-order valence-corrected chi connectivity index (χ1v) is 6.51. The molecule has 1 aliphatic rings. The minimum atomic E-state index is -1.46. The Balaban J connectivity index is 2.35. The monoisotopic (exact) mass is 298 g/mol. The molecule has 2 rings (SSSR count). The Kier molecular flexibility index (Phi) is 4.37. The summed E-state index contributed by atoms with van der Waals surface area (Å²) >= 11 is 0. The standard InChI is InChI=1S/C13H15FN2O5/c14-10-6-11(16(20)21)9(13(18)19)5-12(10)15-3-1-8(7-15)2-4-17/h5-6,8,17H,1-4,7H2,(H,18,19). The Morgan fingerprint density at radius 3 is 2.81 bits per heavy atom. The number of aliphatic hydroxyl groups is 1. The number of hydrogen-bond acceptors (Lipinski definition) is 5. The van der Waals surface area contributed by atoms with Crippen LogP contribution in [0.25, 0.3) is 0 Å². The highest BCUT2D eigenvalue weighted by Crippen LogP contribution is 2.32. The van der Waals surface area contributed by atoms with Crippen LogP contribution in [0.1, 0.15) is 23.2 Å². The highest BCUT2D eigenvalue weighted by atomic mass is 19.1. The number of nitro benzene ring substituents is 1. The predicted octanol–water partition coefficient (Wildman–Crippen LogP) is 1.64. The van der Waals surface area contributed by atoms with Gasteiger partial charge in [-0.2, -0.15) is 0 Å². The molecule has 114 valence electrons. The number of benzene rings is 1. The van der Waals surface area contributed by atoms with Crippen molar-refractivity contribution in [3.05, 3.63) is 33.6 Å². The van der Waals surface area contributed by atoms with Crippen molar-refractivity contribution in [2.45, 2.75) is 12.8 Å². The van der Waals surface area contributed by atoms with E-state index in [-0.39, 0.29) is 18.2 Å². The summed E-state index contributed by atoms with van der Waals surface area (Å²) in [4.78, 5) is 22.6. The number of halogens is 1. The van der Waals surface area contributed by atoms with Gasteiger partial charge in [0.2, 0.25) is 0 Å². The lowest BCUT2D eigenvalue weighted by Gasteiger charge is -2.19. The number of carbonyl (C=O) groups is 1. The second-order valence-electron chi connectivity index (χ2n) is 5.00. The normalized spacial score (nSPS) is 18.0. The van der Waals surface area contributed by atoms with Crippen LogP contribution >= 0.6 is 0 Å². The van der Waals surface area contributed by atoms with Gasteiger partial charge in [0.25, 0.3) is 5.69 Å². The van der Waals surface area contributed by atoms with Crippen molar-refractivity contribution in [1.29, 1.82) is 0 Å². The molecule has 1 aromatic rings. The molecule has 0 aromatic heterocycles. The Morgan fingerprint density at radius 2 is 2.24 bits per heavy atom. The second kappa shape index (κ2) is 6.04. The molecule has 1 aromatic carbocycles. The smallest absolute Gasteiger partial charge is 0.342 e. The van der Waals surface area contributed by atoms with Crippen molar-refractivity contribution in [2.24, 2.45) is 5.92 Å². The highest BCUT2D eigenvalue weighted by molar-refractivity contribution is 5.93. The van der Waals surface area contributed by atoms with Gasteiger partial charge in [-0.3, -0.25) is 10.1 Å². The van der Waals surface area contributed by atoms with E-state index in [1.807, 2.05) is 0 Å². The van der Waals surface area contributed by atoms with Crippen LogP contribution in [0.5, 0.6) is 0 Å². The molecule has 0 radical (unpaired) electrons. The van der Waals surface area contributed by atoms with Crippen LogP contribution in [0.4, 0.5) is 15.8 Å². The van der Waals surface area contributed by atoms with E-state index in [0.717, 1.165) is 12.5 Å². The van der Waals surface area contributed by atoms with Gasteiger partial charge < -0.3 is 15.1 Å². The zero-order chi connectivity index (χ0) is 15.6. The summed E-state index contributed by atoms with van der Waals surface area (Å²) < 4.78 is 14.0. The SMILES string of the molecule is O=C(O)c1cc(N2CCC(CCO)C2)c(F)cc1[N+](=O)[O-]. The van der Waals surface area contributed by atoms with Gasteiger partial charge in [0.15, 0.2) is 5.82 Å². The van der Waals surface area contributed by atoms with Gasteiger partial charge in [0.1, 0.15) is 5.56 Å². The van der Waals surface area contributed by atoms with Crippen molar-refractivity contribution in [3.8, 4) is 0 Å². The maximum atomic E-state index is 14.0. The molecular weight excluding hydrogens is 283 g/mol. The van der Waals surface area contributed by atoms with E-state index in [0.29, 0.717) is 25.6 Å².